The fourth-order valence-electron chi connectivity index (χ4n) is 2.65. The topological polar surface area (TPSA) is 42.6 Å². The number of furan rings is 1. The molecule has 1 aromatic carbocycles. The molecule has 1 aromatic heterocycles. The van der Waals surface area contributed by atoms with Crippen LogP contribution in [0.5, 0.6) is 5.75 Å². The van der Waals surface area contributed by atoms with Crippen LogP contribution in [0.4, 0.5) is 0 Å². The summed E-state index contributed by atoms with van der Waals surface area (Å²) in [5.74, 6) is 3.49. The smallest absolute Gasteiger partial charge is 0.140 e. The predicted molar refractivity (Wildman–Crippen MR) is 81.5 cm³/mol. The number of para-hydroxylation sites is 1. The van der Waals surface area contributed by atoms with Crippen LogP contribution in [0.2, 0.25) is 0 Å². The van der Waals surface area contributed by atoms with Gasteiger partial charge in [0, 0.05) is 11.5 Å². The molecule has 0 saturated heterocycles. The lowest BCUT2D eigenvalue weighted by molar-refractivity contribution is 0.173. The molecule has 0 radical (unpaired) electrons. The Morgan fingerprint density at radius 1 is 1.19 bits per heavy atom. The Morgan fingerprint density at radius 3 is 2.57 bits per heavy atom. The van der Waals surface area contributed by atoms with Gasteiger partial charge in [0.1, 0.15) is 23.4 Å². The third-order valence-electron chi connectivity index (χ3n) is 3.97. The second kappa shape index (κ2) is 5.57. The summed E-state index contributed by atoms with van der Waals surface area (Å²) >= 11 is 0. The summed E-state index contributed by atoms with van der Waals surface area (Å²) in [4.78, 5) is 0. The van der Waals surface area contributed by atoms with Gasteiger partial charge in [0.15, 0.2) is 0 Å². The largest absolute Gasteiger partial charge is 0.491 e. The van der Waals surface area contributed by atoms with Gasteiger partial charge < -0.3 is 14.3 Å². The quantitative estimate of drug-likeness (QED) is 0.892. The molecule has 1 aliphatic carbocycles. The summed E-state index contributed by atoms with van der Waals surface area (Å²) in [7, 11) is 0. The lowest BCUT2D eigenvalue weighted by Crippen LogP contribution is -2.09. The third-order valence-corrected chi connectivity index (χ3v) is 3.97. The lowest BCUT2D eigenvalue weighted by atomic mass is 10.1. The Kier molecular flexibility index (Phi) is 3.77. The van der Waals surface area contributed by atoms with Crippen molar-refractivity contribution in [2.45, 2.75) is 45.3 Å². The SMILES string of the molecule is CC(C)Oc1ccccc1C(O)c1ccc(C2CC2C)o1. The van der Waals surface area contributed by atoms with Crippen molar-refractivity contribution in [3.63, 3.8) is 0 Å². The van der Waals surface area contributed by atoms with E-state index in [9.17, 15) is 5.11 Å². The van der Waals surface area contributed by atoms with Crippen LogP contribution in [0.15, 0.2) is 40.8 Å². The van der Waals surface area contributed by atoms with Crippen LogP contribution in [-0.2, 0) is 0 Å². The molecule has 112 valence electrons. The molecule has 1 heterocycles. The van der Waals surface area contributed by atoms with Crippen molar-refractivity contribution in [1.29, 1.82) is 0 Å². The number of rotatable bonds is 5. The zero-order chi connectivity index (χ0) is 15.0. The summed E-state index contributed by atoms with van der Waals surface area (Å²) in [5, 5.41) is 10.6. The van der Waals surface area contributed by atoms with Crippen molar-refractivity contribution < 1.29 is 14.3 Å². The first-order valence-electron chi connectivity index (χ1n) is 7.59. The molecule has 1 N–H and O–H groups in total. The molecule has 3 rings (SSSR count). The van der Waals surface area contributed by atoms with Crippen molar-refractivity contribution in [3.05, 3.63) is 53.5 Å². The summed E-state index contributed by atoms with van der Waals surface area (Å²) in [6, 6.07) is 11.4. The van der Waals surface area contributed by atoms with Crippen LogP contribution < -0.4 is 4.74 Å². The molecule has 0 bridgehead atoms. The summed E-state index contributed by atoms with van der Waals surface area (Å²) in [6.07, 6.45) is 0.455. The van der Waals surface area contributed by atoms with Crippen molar-refractivity contribution >= 4 is 0 Å². The van der Waals surface area contributed by atoms with Crippen LogP contribution >= 0.6 is 0 Å². The Hall–Kier alpha value is -1.74. The highest BCUT2D eigenvalue weighted by Crippen LogP contribution is 2.48. The van der Waals surface area contributed by atoms with Crippen molar-refractivity contribution in [2.24, 2.45) is 5.92 Å². The fraction of sp³-hybridized carbons (Fsp3) is 0.444. The number of aliphatic hydroxyl groups excluding tert-OH is 1. The molecule has 0 spiro atoms. The Balaban J connectivity index is 1.84. The fourth-order valence-corrected chi connectivity index (χ4v) is 2.65. The van der Waals surface area contributed by atoms with Crippen LogP contribution in [0.1, 0.15) is 56.3 Å². The maximum absolute atomic E-state index is 10.6. The Morgan fingerprint density at radius 2 is 1.90 bits per heavy atom. The molecular formula is C18H22O3. The Bertz CT molecular complexity index is 614. The minimum absolute atomic E-state index is 0.0674. The average Bonchev–Trinajstić information content (AvgIpc) is 3.00. The van der Waals surface area contributed by atoms with E-state index in [1.54, 1.807) is 0 Å². The molecule has 1 aliphatic rings. The molecule has 3 nitrogen and oxygen atoms in total. The van der Waals surface area contributed by atoms with Gasteiger partial charge in [-0.05, 0) is 44.4 Å². The summed E-state index contributed by atoms with van der Waals surface area (Å²) < 4.78 is 11.6. The van der Waals surface area contributed by atoms with Gasteiger partial charge in [-0.2, -0.15) is 0 Å². The minimum Gasteiger partial charge on any atom is -0.491 e. The van der Waals surface area contributed by atoms with Gasteiger partial charge in [0.05, 0.1) is 6.10 Å². The van der Waals surface area contributed by atoms with Gasteiger partial charge >= 0.3 is 0 Å². The Labute approximate surface area is 125 Å². The molecule has 3 heteroatoms. The predicted octanol–water partition coefficient (Wildman–Crippen LogP) is 4.27. The number of hydrogen-bond donors (Lipinski definition) is 1. The molecule has 0 aliphatic heterocycles. The van der Waals surface area contributed by atoms with Gasteiger partial charge in [0.25, 0.3) is 0 Å². The van der Waals surface area contributed by atoms with Gasteiger partial charge in [-0.1, -0.05) is 25.1 Å². The molecule has 0 amide bonds. The second-order valence-electron chi connectivity index (χ2n) is 6.17. The normalized spacial score (nSPS) is 22.3. The maximum Gasteiger partial charge on any atom is 0.140 e. The highest BCUT2D eigenvalue weighted by atomic mass is 16.5. The van der Waals surface area contributed by atoms with Gasteiger partial charge in [-0.15, -0.1) is 0 Å². The van der Waals surface area contributed by atoms with E-state index in [4.69, 9.17) is 9.15 Å². The molecular weight excluding hydrogens is 264 g/mol. The number of aliphatic hydroxyl groups is 1. The molecule has 3 atom stereocenters. The van der Waals surface area contributed by atoms with Gasteiger partial charge in [-0.3, -0.25) is 0 Å². The number of ether oxygens (including phenoxy) is 1. The summed E-state index contributed by atoms with van der Waals surface area (Å²) in [6.45, 7) is 6.17. The second-order valence-corrected chi connectivity index (χ2v) is 6.17. The standard InChI is InChI=1S/C18H22O3/c1-11(2)20-15-7-5-4-6-13(15)18(19)17-9-8-16(21-17)14-10-12(14)3/h4-9,11-12,14,18-19H,10H2,1-3H3. The van der Waals surface area contributed by atoms with Gasteiger partial charge in [-0.25, -0.2) is 0 Å². The molecule has 2 aromatic rings. The maximum atomic E-state index is 10.6. The lowest BCUT2D eigenvalue weighted by Gasteiger charge is -2.16. The zero-order valence-electron chi connectivity index (χ0n) is 12.7. The molecule has 21 heavy (non-hydrogen) atoms. The molecule has 1 saturated carbocycles. The van der Waals surface area contributed by atoms with Crippen molar-refractivity contribution in [1.82, 2.24) is 0 Å². The van der Waals surface area contributed by atoms with Crippen LogP contribution in [0.3, 0.4) is 0 Å². The van der Waals surface area contributed by atoms with Crippen LogP contribution in [-0.4, -0.2) is 11.2 Å². The average molecular weight is 286 g/mol. The monoisotopic (exact) mass is 286 g/mol. The van der Waals surface area contributed by atoms with Crippen LogP contribution in [0.25, 0.3) is 0 Å². The summed E-state index contributed by atoms with van der Waals surface area (Å²) in [5.41, 5.74) is 0.746. The third kappa shape index (κ3) is 2.98. The highest BCUT2D eigenvalue weighted by molar-refractivity contribution is 5.38. The van der Waals surface area contributed by atoms with E-state index in [0.29, 0.717) is 23.3 Å². The highest BCUT2D eigenvalue weighted by Gasteiger charge is 2.37. The first-order valence-corrected chi connectivity index (χ1v) is 7.59. The number of hydrogen-bond acceptors (Lipinski definition) is 3. The van der Waals surface area contributed by atoms with E-state index in [1.807, 2.05) is 50.2 Å². The van der Waals surface area contributed by atoms with E-state index >= 15 is 0 Å². The van der Waals surface area contributed by atoms with E-state index < -0.39 is 6.10 Å². The molecule has 3 unspecified atom stereocenters. The van der Waals surface area contributed by atoms with E-state index in [2.05, 4.69) is 6.92 Å². The number of benzene rings is 1. The van der Waals surface area contributed by atoms with E-state index in [-0.39, 0.29) is 6.10 Å². The van der Waals surface area contributed by atoms with Crippen molar-refractivity contribution in [3.8, 4) is 5.75 Å². The first kappa shape index (κ1) is 14.2. The zero-order valence-corrected chi connectivity index (χ0v) is 12.7. The van der Waals surface area contributed by atoms with Crippen molar-refractivity contribution in [2.75, 3.05) is 0 Å². The minimum atomic E-state index is -0.789. The molecule has 1 fully saturated rings. The van der Waals surface area contributed by atoms with E-state index in [0.717, 1.165) is 11.3 Å². The van der Waals surface area contributed by atoms with Gasteiger partial charge in [0.2, 0.25) is 0 Å². The first-order chi connectivity index (χ1) is 10.1. The van der Waals surface area contributed by atoms with Crippen LogP contribution in [0, 0.1) is 5.92 Å². The van der Waals surface area contributed by atoms with E-state index in [1.165, 1.54) is 6.42 Å².